The van der Waals surface area contributed by atoms with Crippen molar-refractivity contribution in [1.82, 2.24) is 0 Å². The topological polar surface area (TPSA) is 20.2 Å². The van der Waals surface area contributed by atoms with E-state index in [4.69, 9.17) is 11.6 Å². The van der Waals surface area contributed by atoms with Crippen molar-refractivity contribution < 1.29 is 9.50 Å². The van der Waals surface area contributed by atoms with Crippen LogP contribution in [0.3, 0.4) is 0 Å². The summed E-state index contributed by atoms with van der Waals surface area (Å²) in [4.78, 5) is 0. The van der Waals surface area contributed by atoms with Gasteiger partial charge in [-0.25, -0.2) is 4.39 Å². The first-order valence-corrected chi connectivity index (χ1v) is 6.07. The lowest BCUT2D eigenvalue weighted by Gasteiger charge is -2.16. The summed E-state index contributed by atoms with van der Waals surface area (Å²) in [7, 11) is 0. The van der Waals surface area contributed by atoms with Crippen LogP contribution < -0.4 is 0 Å². The van der Waals surface area contributed by atoms with Crippen LogP contribution in [0.5, 0.6) is 0 Å². The van der Waals surface area contributed by atoms with Gasteiger partial charge in [-0.2, -0.15) is 0 Å². The van der Waals surface area contributed by atoms with Gasteiger partial charge in [-0.1, -0.05) is 35.4 Å². The first-order valence-electron chi connectivity index (χ1n) is 5.69. The molecular weight excluding hydrogens is 251 g/mol. The Balaban J connectivity index is 2.47. The summed E-state index contributed by atoms with van der Waals surface area (Å²) in [5.74, 6) is -0.404. The second kappa shape index (κ2) is 5.09. The van der Waals surface area contributed by atoms with Crippen molar-refractivity contribution in [2.75, 3.05) is 0 Å². The fourth-order valence-corrected chi connectivity index (χ4v) is 2.25. The first-order chi connectivity index (χ1) is 8.49. The van der Waals surface area contributed by atoms with Gasteiger partial charge in [-0.3, -0.25) is 0 Å². The molecule has 0 aliphatic carbocycles. The Kier molecular flexibility index (Phi) is 3.69. The van der Waals surface area contributed by atoms with E-state index in [1.54, 1.807) is 0 Å². The molecule has 0 aliphatic rings. The van der Waals surface area contributed by atoms with Crippen LogP contribution >= 0.6 is 11.6 Å². The fraction of sp³-hybridized carbons (Fsp3) is 0.200. The fourth-order valence-electron chi connectivity index (χ4n) is 2.02. The molecule has 0 amide bonds. The predicted octanol–water partition coefficient (Wildman–Crippen LogP) is 4.18. The maximum atomic E-state index is 13.2. The van der Waals surface area contributed by atoms with Crippen LogP contribution in [0.2, 0.25) is 5.02 Å². The standard InChI is InChI=1S/C15H14ClFO/c1-9-3-5-12(10(2)7-9)15(18)13-8-11(17)4-6-14(13)16/h3-8,15,18H,1-2H3. The summed E-state index contributed by atoms with van der Waals surface area (Å²) in [6.07, 6.45) is -0.909. The lowest BCUT2D eigenvalue weighted by atomic mass is 9.96. The molecule has 2 aromatic rings. The number of aliphatic hydroxyl groups is 1. The molecule has 94 valence electrons. The number of benzene rings is 2. The Hall–Kier alpha value is -1.38. The van der Waals surface area contributed by atoms with Gasteiger partial charge in [-0.05, 0) is 43.2 Å². The highest BCUT2D eigenvalue weighted by atomic mass is 35.5. The van der Waals surface area contributed by atoms with E-state index >= 15 is 0 Å². The zero-order valence-electron chi connectivity index (χ0n) is 10.2. The van der Waals surface area contributed by atoms with Crippen molar-refractivity contribution >= 4 is 11.6 Å². The van der Waals surface area contributed by atoms with Crippen molar-refractivity contribution in [1.29, 1.82) is 0 Å². The van der Waals surface area contributed by atoms with Gasteiger partial charge in [0, 0.05) is 10.6 Å². The van der Waals surface area contributed by atoms with E-state index < -0.39 is 11.9 Å². The van der Waals surface area contributed by atoms with Gasteiger partial charge < -0.3 is 5.11 Å². The number of halogens is 2. The summed E-state index contributed by atoms with van der Waals surface area (Å²) < 4.78 is 13.2. The van der Waals surface area contributed by atoms with Gasteiger partial charge in [0.1, 0.15) is 11.9 Å². The summed E-state index contributed by atoms with van der Waals surface area (Å²) in [5, 5.41) is 10.7. The van der Waals surface area contributed by atoms with Gasteiger partial charge in [0.15, 0.2) is 0 Å². The number of hydrogen-bond acceptors (Lipinski definition) is 1. The molecule has 1 nitrogen and oxygen atoms in total. The van der Waals surface area contributed by atoms with Crippen LogP contribution in [0.15, 0.2) is 36.4 Å². The molecule has 0 bridgehead atoms. The van der Waals surface area contributed by atoms with Crippen LogP contribution in [0, 0.1) is 19.7 Å². The molecule has 0 spiro atoms. The van der Waals surface area contributed by atoms with Crippen LogP contribution in [0.25, 0.3) is 0 Å². The summed E-state index contributed by atoms with van der Waals surface area (Å²) in [6, 6.07) is 9.74. The Bertz CT molecular complexity index is 581. The molecule has 0 heterocycles. The number of aryl methyl sites for hydroxylation is 2. The van der Waals surface area contributed by atoms with E-state index in [9.17, 15) is 9.50 Å². The highest BCUT2D eigenvalue weighted by molar-refractivity contribution is 6.31. The Morgan fingerprint density at radius 1 is 1.06 bits per heavy atom. The van der Waals surface area contributed by atoms with Crippen molar-refractivity contribution in [3.05, 3.63) is 69.5 Å². The van der Waals surface area contributed by atoms with E-state index in [1.165, 1.54) is 18.2 Å². The van der Waals surface area contributed by atoms with Crippen LogP contribution in [0.1, 0.15) is 28.4 Å². The molecule has 0 radical (unpaired) electrons. The van der Waals surface area contributed by atoms with Crippen LogP contribution in [-0.2, 0) is 0 Å². The van der Waals surface area contributed by atoms with Gasteiger partial charge in [0.05, 0.1) is 0 Å². The van der Waals surface area contributed by atoms with Crippen LogP contribution in [-0.4, -0.2) is 5.11 Å². The second-order valence-electron chi connectivity index (χ2n) is 4.43. The molecule has 2 aromatic carbocycles. The van der Waals surface area contributed by atoms with E-state index in [-0.39, 0.29) is 0 Å². The van der Waals surface area contributed by atoms with E-state index in [0.717, 1.165) is 16.7 Å². The maximum absolute atomic E-state index is 13.2. The summed E-state index contributed by atoms with van der Waals surface area (Å²) in [5.41, 5.74) is 3.22. The molecule has 1 atom stereocenters. The van der Waals surface area contributed by atoms with Gasteiger partial charge >= 0.3 is 0 Å². The summed E-state index contributed by atoms with van der Waals surface area (Å²) >= 11 is 6.00. The van der Waals surface area contributed by atoms with E-state index in [1.807, 2.05) is 32.0 Å². The highest BCUT2D eigenvalue weighted by Crippen LogP contribution is 2.30. The number of aliphatic hydroxyl groups excluding tert-OH is 1. The van der Waals surface area contributed by atoms with Gasteiger partial charge in [-0.15, -0.1) is 0 Å². The zero-order valence-corrected chi connectivity index (χ0v) is 11.0. The lowest BCUT2D eigenvalue weighted by molar-refractivity contribution is 0.219. The Morgan fingerprint density at radius 3 is 2.44 bits per heavy atom. The molecule has 0 fully saturated rings. The molecule has 0 aliphatic heterocycles. The van der Waals surface area contributed by atoms with Crippen molar-refractivity contribution in [2.45, 2.75) is 20.0 Å². The molecule has 0 saturated heterocycles. The quantitative estimate of drug-likeness (QED) is 0.863. The second-order valence-corrected chi connectivity index (χ2v) is 4.84. The smallest absolute Gasteiger partial charge is 0.123 e. The minimum atomic E-state index is -0.909. The number of rotatable bonds is 2. The molecule has 18 heavy (non-hydrogen) atoms. The number of hydrogen-bond donors (Lipinski definition) is 1. The lowest BCUT2D eigenvalue weighted by Crippen LogP contribution is -2.03. The molecular formula is C15H14ClFO. The third-order valence-corrected chi connectivity index (χ3v) is 3.32. The molecule has 2 rings (SSSR count). The molecule has 0 aromatic heterocycles. The van der Waals surface area contributed by atoms with Crippen LogP contribution in [0.4, 0.5) is 4.39 Å². The Labute approximate surface area is 111 Å². The molecule has 1 N–H and O–H groups in total. The summed E-state index contributed by atoms with van der Waals surface area (Å²) in [6.45, 7) is 3.90. The van der Waals surface area contributed by atoms with Gasteiger partial charge in [0.2, 0.25) is 0 Å². The highest BCUT2D eigenvalue weighted by Gasteiger charge is 2.16. The van der Waals surface area contributed by atoms with Gasteiger partial charge in [0.25, 0.3) is 0 Å². The van der Waals surface area contributed by atoms with E-state index in [0.29, 0.717) is 10.6 Å². The third-order valence-electron chi connectivity index (χ3n) is 2.97. The first kappa shape index (κ1) is 13.1. The Morgan fingerprint density at radius 2 is 1.78 bits per heavy atom. The molecule has 3 heteroatoms. The minimum Gasteiger partial charge on any atom is -0.384 e. The predicted molar refractivity (Wildman–Crippen MR) is 71.4 cm³/mol. The largest absolute Gasteiger partial charge is 0.384 e. The average molecular weight is 265 g/mol. The third kappa shape index (κ3) is 2.55. The molecule has 1 unspecified atom stereocenters. The normalized spacial score (nSPS) is 12.5. The zero-order chi connectivity index (χ0) is 13.3. The van der Waals surface area contributed by atoms with Crippen molar-refractivity contribution in [3.63, 3.8) is 0 Å². The van der Waals surface area contributed by atoms with E-state index in [2.05, 4.69) is 0 Å². The molecule has 0 saturated carbocycles. The maximum Gasteiger partial charge on any atom is 0.123 e. The monoisotopic (exact) mass is 264 g/mol. The SMILES string of the molecule is Cc1ccc(C(O)c2cc(F)ccc2Cl)c(C)c1. The van der Waals surface area contributed by atoms with Crippen molar-refractivity contribution in [3.8, 4) is 0 Å². The minimum absolute atomic E-state index is 0.365. The van der Waals surface area contributed by atoms with Crippen molar-refractivity contribution in [2.24, 2.45) is 0 Å². The average Bonchev–Trinajstić information content (AvgIpc) is 2.31.